The molecule has 1 saturated heterocycles. The number of aryl methyl sites for hydroxylation is 1. The molecular formula is C13H16BrNO2. The first-order valence-corrected chi connectivity index (χ1v) is 6.50. The first-order valence-electron chi connectivity index (χ1n) is 5.70. The van der Waals surface area contributed by atoms with Crippen LogP contribution in [-0.2, 0) is 4.74 Å². The highest BCUT2D eigenvalue weighted by Gasteiger charge is 2.27. The smallest absolute Gasteiger partial charge is 0.255 e. The quantitative estimate of drug-likeness (QED) is 0.840. The summed E-state index contributed by atoms with van der Waals surface area (Å²) >= 11 is 3.48. The SMILES string of the molecule is COC1CCN(C(=O)c2cccc(C)c2Br)C1. The molecule has 0 aliphatic carbocycles. The summed E-state index contributed by atoms with van der Waals surface area (Å²) in [4.78, 5) is 14.2. The minimum atomic E-state index is 0.0834. The van der Waals surface area contributed by atoms with Crippen molar-refractivity contribution in [1.82, 2.24) is 4.90 Å². The molecular weight excluding hydrogens is 282 g/mol. The van der Waals surface area contributed by atoms with Crippen molar-refractivity contribution in [2.24, 2.45) is 0 Å². The van der Waals surface area contributed by atoms with Gasteiger partial charge in [0.05, 0.1) is 11.7 Å². The van der Waals surface area contributed by atoms with E-state index < -0.39 is 0 Å². The number of hydrogen-bond donors (Lipinski definition) is 0. The van der Waals surface area contributed by atoms with Crippen LogP contribution in [0.15, 0.2) is 22.7 Å². The molecule has 3 nitrogen and oxygen atoms in total. The summed E-state index contributed by atoms with van der Waals surface area (Å²) in [5.74, 6) is 0.0834. The van der Waals surface area contributed by atoms with Gasteiger partial charge in [0.1, 0.15) is 0 Å². The maximum absolute atomic E-state index is 12.3. The third-order valence-electron chi connectivity index (χ3n) is 3.19. The Hall–Kier alpha value is -0.870. The summed E-state index contributed by atoms with van der Waals surface area (Å²) in [6, 6.07) is 5.76. The molecule has 1 aromatic carbocycles. The van der Waals surface area contributed by atoms with E-state index in [4.69, 9.17) is 4.74 Å². The van der Waals surface area contributed by atoms with Crippen molar-refractivity contribution in [1.29, 1.82) is 0 Å². The zero-order chi connectivity index (χ0) is 12.4. The van der Waals surface area contributed by atoms with Crippen LogP contribution in [0.4, 0.5) is 0 Å². The monoisotopic (exact) mass is 297 g/mol. The van der Waals surface area contributed by atoms with Crippen LogP contribution in [-0.4, -0.2) is 37.1 Å². The first kappa shape index (κ1) is 12.6. The normalized spacial score (nSPS) is 19.7. The Labute approximate surface area is 110 Å². The van der Waals surface area contributed by atoms with E-state index in [1.807, 2.05) is 30.0 Å². The van der Waals surface area contributed by atoms with Gasteiger partial charge in [0.15, 0.2) is 0 Å². The standard InChI is InChI=1S/C13H16BrNO2/c1-9-4-3-5-11(12(9)14)13(16)15-7-6-10(8-15)17-2/h3-5,10H,6-8H2,1-2H3. The second-order valence-electron chi connectivity index (χ2n) is 4.33. The zero-order valence-corrected chi connectivity index (χ0v) is 11.7. The molecule has 2 rings (SSSR count). The lowest BCUT2D eigenvalue weighted by Crippen LogP contribution is -2.30. The average molecular weight is 298 g/mol. The van der Waals surface area contributed by atoms with Crippen LogP contribution in [0.3, 0.4) is 0 Å². The molecule has 1 heterocycles. The van der Waals surface area contributed by atoms with E-state index in [-0.39, 0.29) is 12.0 Å². The topological polar surface area (TPSA) is 29.5 Å². The molecule has 1 aliphatic heterocycles. The zero-order valence-electron chi connectivity index (χ0n) is 10.1. The lowest BCUT2D eigenvalue weighted by Gasteiger charge is -2.17. The largest absolute Gasteiger partial charge is 0.380 e. The molecule has 0 aromatic heterocycles. The van der Waals surface area contributed by atoms with Gasteiger partial charge in [0.2, 0.25) is 0 Å². The van der Waals surface area contributed by atoms with Crippen LogP contribution in [0.1, 0.15) is 22.3 Å². The summed E-state index contributed by atoms with van der Waals surface area (Å²) < 4.78 is 6.17. The Kier molecular flexibility index (Phi) is 3.84. The van der Waals surface area contributed by atoms with Crippen molar-refractivity contribution in [3.05, 3.63) is 33.8 Å². The summed E-state index contributed by atoms with van der Waals surface area (Å²) in [6.45, 7) is 3.45. The molecule has 92 valence electrons. The summed E-state index contributed by atoms with van der Waals surface area (Å²) in [6.07, 6.45) is 1.11. The molecule has 0 N–H and O–H groups in total. The van der Waals surface area contributed by atoms with Crippen LogP contribution < -0.4 is 0 Å². The number of hydrogen-bond acceptors (Lipinski definition) is 2. The molecule has 0 spiro atoms. The Bertz CT molecular complexity index is 433. The van der Waals surface area contributed by atoms with Crippen molar-refractivity contribution in [3.8, 4) is 0 Å². The summed E-state index contributed by atoms with van der Waals surface area (Å²) in [5.41, 5.74) is 1.82. The fraction of sp³-hybridized carbons (Fsp3) is 0.462. The Morgan fingerprint density at radius 2 is 2.29 bits per heavy atom. The van der Waals surface area contributed by atoms with Crippen LogP contribution in [0, 0.1) is 6.92 Å². The highest BCUT2D eigenvalue weighted by Crippen LogP contribution is 2.24. The van der Waals surface area contributed by atoms with E-state index in [2.05, 4.69) is 15.9 Å². The average Bonchev–Trinajstić information content (AvgIpc) is 2.80. The lowest BCUT2D eigenvalue weighted by atomic mass is 10.1. The van der Waals surface area contributed by atoms with Crippen molar-refractivity contribution in [2.45, 2.75) is 19.4 Å². The van der Waals surface area contributed by atoms with E-state index in [0.717, 1.165) is 28.6 Å². The van der Waals surface area contributed by atoms with Gasteiger partial charge in [0, 0.05) is 24.7 Å². The maximum Gasteiger partial charge on any atom is 0.255 e. The highest BCUT2D eigenvalue weighted by atomic mass is 79.9. The van der Waals surface area contributed by atoms with Crippen LogP contribution in [0.25, 0.3) is 0 Å². The van der Waals surface area contributed by atoms with Crippen molar-refractivity contribution >= 4 is 21.8 Å². The second kappa shape index (κ2) is 5.19. The van der Waals surface area contributed by atoms with Crippen molar-refractivity contribution in [2.75, 3.05) is 20.2 Å². The fourth-order valence-electron chi connectivity index (χ4n) is 2.09. The Morgan fingerprint density at radius 1 is 1.53 bits per heavy atom. The van der Waals surface area contributed by atoms with Gasteiger partial charge < -0.3 is 9.64 Å². The number of methoxy groups -OCH3 is 1. The van der Waals surface area contributed by atoms with Gasteiger partial charge in [-0.3, -0.25) is 4.79 Å². The third kappa shape index (κ3) is 2.53. The molecule has 17 heavy (non-hydrogen) atoms. The van der Waals surface area contributed by atoms with Gasteiger partial charge in [-0.05, 0) is 40.9 Å². The number of ether oxygens (including phenoxy) is 1. The van der Waals surface area contributed by atoms with E-state index in [0.29, 0.717) is 6.54 Å². The first-order chi connectivity index (χ1) is 8.13. The van der Waals surface area contributed by atoms with Gasteiger partial charge >= 0.3 is 0 Å². The van der Waals surface area contributed by atoms with Crippen LogP contribution >= 0.6 is 15.9 Å². The number of carbonyl (C=O) groups excluding carboxylic acids is 1. The number of likely N-dealkylation sites (tertiary alicyclic amines) is 1. The van der Waals surface area contributed by atoms with E-state index in [1.165, 1.54) is 0 Å². The van der Waals surface area contributed by atoms with Crippen LogP contribution in [0.2, 0.25) is 0 Å². The van der Waals surface area contributed by atoms with Gasteiger partial charge in [-0.1, -0.05) is 12.1 Å². The van der Waals surface area contributed by atoms with Crippen molar-refractivity contribution < 1.29 is 9.53 Å². The van der Waals surface area contributed by atoms with Gasteiger partial charge in [-0.15, -0.1) is 0 Å². The number of nitrogens with zero attached hydrogens (tertiary/aromatic N) is 1. The predicted octanol–water partition coefficient (Wildman–Crippen LogP) is 2.62. The van der Waals surface area contributed by atoms with Gasteiger partial charge in [-0.25, -0.2) is 0 Å². The Morgan fingerprint density at radius 3 is 2.94 bits per heavy atom. The lowest BCUT2D eigenvalue weighted by molar-refractivity contribution is 0.0723. The number of halogens is 1. The summed E-state index contributed by atoms with van der Waals surface area (Å²) in [7, 11) is 1.70. The van der Waals surface area contributed by atoms with Crippen molar-refractivity contribution in [3.63, 3.8) is 0 Å². The number of benzene rings is 1. The second-order valence-corrected chi connectivity index (χ2v) is 5.13. The Balaban J connectivity index is 2.18. The summed E-state index contributed by atoms with van der Waals surface area (Å²) in [5, 5.41) is 0. The molecule has 0 radical (unpaired) electrons. The number of carbonyl (C=O) groups is 1. The molecule has 0 saturated carbocycles. The molecule has 1 amide bonds. The van der Waals surface area contributed by atoms with Crippen LogP contribution in [0.5, 0.6) is 0 Å². The maximum atomic E-state index is 12.3. The molecule has 0 bridgehead atoms. The van der Waals surface area contributed by atoms with E-state index in [1.54, 1.807) is 7.11 Å². The van der Waals surface area contributed by atoms with Gasteiger partial charge in [0.25, 0.3) is 5.91 Å². The molecule has 1 aromatic rings. The molecule has 1 aliphatic rings. The van der Waals surface area contributed by atoms with Gasteiger partial charge in [-0.2, -0.15) is 0 Å². The molecule has 1 atom stereocenters. The number of rotatable bonds is 2. The van der Waals surface area contributed by atoms with E-state index in [9.17, 15) is 4.79 Å². The highest BCUT2D eigenvalue weighted by molar-refractivity contribution is 9.10. The minimum Gasteiger partial charge on any atom is -0.380 e. The molecule has 1 fully saturated rings. The minimum absolute atomic E-state index is 0.0834. The predicted molar refractivity (Wildman–Crippen MR) is 70.2 cm³/mol. The fourth-order valence-corrected chi connectivity index (χ4v) is 2.52. The molecule has 4 heteroatoms. The molecule has 1 unspecified atom stereocenters. The van der Waals surface area contributed by atoms with E-state index >= 15 is 0 Å². The third-order valence-corrected chi connectivity index (χ3v) is 4.24. The number of amides is 1.